The number of methoxy groups -OCH3 is 1. The maximum Gasteiger partial charge on any atom is 0.307 e. The smallest absolute Gasteiger partial charge is 0.307 e. The van der Waals surface area contributed by atoms with Crippen LogP contribution in [0.1, 0.15) is 29.5 Å². The van der Waals surface area contributed by atoms with Crippen molar-refractivity contribution in [1.82, 2.24) is 15.1 Å². The van der Waals surface area contributed by atoms with Crippen LogP contribution in [0.3, 0.4) is 0 Å². The van der Waals surface area contributed by atoms with Crippen molar-refractivity contribution in [3.8, 4) is 0 Å². The average Bonchev–Trinajstić information content (AvgIpc) is 2.70. The Labute approximate surface area is 99.9 Å². The second-order valence-corrected chi connectivity index (χ2v) is 3.57. The van der Waals surface area contributed by atoms with E-state index < -0.39 is 0 Å². The molecule has 0 saturated heterocycles. The van der Waals surface area contributed by atoms with Crippen molar-refractivity contribution in [2.24, 2.45) is 0 Å². The summed E-state index contributed by atoms with van der Waals surface area (Å²) < 4.78 is 6.11. The normalized spacial score (nSPS) is 10.1. The molecule has 0 aliphatic heterocycles. The lowest BCUT2D eigenvalue weighted by Crippen LogP contribution is -2.28. The van der Waals surface area contributed by atoms with Crippen molar-refractivity contribution in [3.63, 3.8) is 0 Å². The molecule has 1 amide bonds. The zero-order valence-corrected chi connectivity index (χ0v) is 10.3. The molecule has 94 valence electrons. The third kappa shape index (κ3) is 3.58. The van der Waals surface area contributed by atoms with E-state index in [1.54, 1.807) is 10.7 Å². The van der Waals surface area contributed by atoms with E-state index in [2.05, 4.69) is 15.2 Å². The number of hydrogen-bond donors (Lipinski definition) is 1. The summed E-state index contributed by atoms with van der Waals surface area (Å²) in [5.41, 5.74) is 1.31. The zero-order chi connectivity index (χ0) is 12.8. The van der Waals surface area contributed by atoms with Gasteiger partial charge in [0.05, 0.1) is 19.2 Å². The van der Waals surface area contributed by atoms with Gasteiger partial charge in [-0.2, -0.15) is 5.10 Å². The first kappa shape index (κ1) is 13.2. The predicted molar refractivity (Wildman–Crippen MR) is 61.6 cm³/mol. The molecular formula is C11H17N3O3. The molecule has 0 bridgehead atoms. The molecule has 0 aliphatic rings. The van der Waals surface area contributed by atoms with Gasteiger partial charge >= 0.3 is 5.97 Å². The minimum Gasteiger partial charge on any atom is -0.469 e. The summed E-state index contributed by atoms with van der Waals surface area (Å²) in [6.45, 7) is 4.64. The van der Waals surface area contributed by atoms with Crippen LogP contribution in [0.15, 0.2) is 6.07 Å². The van der Waals surface area contributed by atoms with Gasteiger partial charge in [-0.1, -0.05) is 0 Å². The van der Waals surface area contributed by atoms with E-state index in [1.807, 2.05) is 13.8 Å². The molecule has 1 rings (SSSR count). The van der Waals surface area contributed by atoms with Crippen molar-refractivity contribution in [3.05, 3.63) is 17.5 Å². The van der Waals surface area contributed by atoms with Gasteiger partial charge in [-0.15, -0.1) is 0 Å². The number of rotatable bonds is 5. The molecule has 17 heavy (non-hydrogen) atoms. The summed E-state index contributed by atoms with van der Waals surface area (Å²) in [5, 5.41) is 6.83. The molecule has 6 heteroatoms. The van der Waals surface area contributed by atoms with Gasteiger partial charge in [0.25, 0.3) is 5.91 Å². The Kier molecular flexibility index (Phi) is 4.68. The fourth-order valence-corrected chi connectivity index (χ4v) is 1.44. The van der Waals surface area contributed by atoms with Crippen LogP contribution in [-0.4, -0.2) is 35.3 Å². The highest BCUT2D eigenvalue weighted by atomic mass is 16.5. The molecule has 0 aromatic carbocycles. The largest absolute Gasteiger partial charge is 0.469 e. The summed E-state index contributed by atoms with van der Waals surface area (Å²) in [7, 11) is 1.32. The maximum absolute atomic E-state index is 11.8. The van der Waals surface area contributed by atoms with Crippen LogP contribution in [0.5, 0.6) is 0 Å². The average molecular weight is 239 g/mol. The standard InChI is InChI=1S/C11H17N3O3/c1-4-14-9(7-8(2)13-14)11(16)12-6-5-10(15)17-3/h7H,4-6H2,1-3H3,(H,12,16). The number of aromatic nitrogens is 2. The molecule has 0 radical (unpaired) electrons. The highest BCUT2D eigenvalue weighted by Gasteiger charge is 2.12. The monoisotopic (exact) mass is 239 g/mol. The van der Waals surface area contributed by atoms with Gasteiger partial charge in [-0.3, -0.25) is 14.3 Å². The Hall–Kier alpha value is -1.85. The molecule has 0 saturated carbocycles. The molecule has 0 unspecified atom stereocenters. The molecular weight excluding hydrogens is 222 g/mol. The van der Waals surface area contributed by atoms with Crippen molar-refractivity contribution in [2.75, 3.05) is 13.7 Å². The Morgan fingerprint density at radius 3 is 2.82 bits per heavy atom. The first-order chi connectivity index (χ1) is 8.08. The zero-order valence-electron chi connectivity index (χ0n) is 10.3. The van der Waals surface area contributed by atoms with Gasteiger partial charge in [0.1, 0.15) is 5.69 Å². The first-order valence-corrected chi connectivity index (χ1v) is 5.48. The SMILES string of the molecule is CCn1nc(C)cc1C(=O)NCCC(=O)OC. The fraction of sp³-hybridized carbons (Fsp3) is 0.545. The van der Waals surface area contributed by atoms with Crippen LogP contribution >= 0.6 is 0 Å². The molecule has 1 heterocycles. The first-order valence-electron chi connectivity index (χ1n) is 5.48. The Bertz CT molecular complexity index is 412. The van der Waals surface area contributed by atoms with E-state index in [1.165, 1.54) is 7.11 Å². The molecule has 0 spiro atoms. The fourth-order valence-electron chi connectivity index (χ4n) is 1.44. The van der Waals surface area contributed by atoms with E-state index >= 15 is 0 Å². The Morgan fingerprint density at radius 2 is 2.24 bits per heavy atom. The van der Waals surface area contributed by atoms with Gasteiger partial charge in [0.15, 0.2) is 0 Å². The number of amides is 1. The lowest BCUT2D eigenvalue weighted by atomic mass is 10.3. The van der Waals surface area contributed by atoms with Crippen molar-refractivity contribution in [2.45, 2.75) is 26.8 Å². The molecule has 6 nitrogen and oxygen atoms in total. The number of nitrogens with zero attached hydrogens (tertiary/aromatic N) is 2. The minimum atomic E-state index is -0.342. The number of carbonyl (C=O) groups excluding carboxylic acids is 2. The van der Waals surface area contributed by atoms with E-state index in [0.29, 0.717) is 12.2 Å². The van der Waals surface area contributed by atoms with Gasteiger partial charge < -0.3 is 10.1 Å². The van der Waals surface area contributed by atoms with Crippen LogP contribution in [0.4, 0.5) is 0 Å². The van der Waals surface area contributed by atoms with Crippen LogP contribution in [0.25, 0.3) is 0 Å². The number of ether oxygens (including phenoxy) is 1. The molecule has 1 aromatic rings. The van der Waals surface area contributed by atoms with Crippen LogP contribution in [0, 0.1) is 6.92 Å². The Balaban J connectivity index is 2.54. The van der Waals surface area contributed by atoms with Crippen LogP contribution in [-0.2, 0) is 16.1 Å². The third-order valence-electron chi connectivity index (χ3n) is 2.28. The summed E-state index contributed by atoms with van der Waals surface area (Å²) in [4.78, 5) is 22.6. The maximum atomic E-state index is 11.8. The van der Waals surface area contributed by atoms with Crippen LogP contribution in [0.2, 0.25) is 0 Å². The van der Waals surface area contributed by atoms with Gasteiger partial charge in [-0.05, 0) is 19.9 Å². The van der Waals surface area contributed by atoms with E-state index in [-0.39, 0.29) is 24.8 Å². The second kappa shape index (κ2) is 6.03. The van der Waals surface area contributed by atoms with E-state index in [9.17, 15) is 9.59 Å². The summed E-state index contributed by atoms with van der Waals surface area (Å²) >= 11 is 0. The van der Waals surface area contributed by atoms with Crippen molar-refractivity contribution >= 4 is 11.9 Å². The molecule has 1 N–H and O–H groups in total. The summed E-state index contributed by atoms with van der Waals surface area (Å²) in [5.74, 6) is -0.568. The second-order valence-electron chi connectivity index (χ2n) is 3.57. The number of hydrogen-bond acceptors (Lipinski definition) is 4. The van der Waals surface area contributed by atoms with Gasteiger partial charge in [0.2, 0.25) is 0 Å². The number of carbonyl (C=O) groups is 2. The topological polar surface area (TPSA) is 73.2 Å². The number of nitrogens with one attached hydrogen (secondary N) is 1. The molecule has 0 aliphatic carbocycles. The van der Waals surface area contributed by atoms with Gasteiger partial charge in [0, 0.05) is 13.1 Å². The number of aryl methyl sites for hydroxylation is 2. The highest BCUT2D eigenvalue weighted by molar-refractivity contribution is 5.92. The highest BCUT2D eigenvalue weighted by Crippen LogP contribution is 2.03. The lowest BCUT2D eigenvalue weighted by molar-refractivity contribution is -0.140. The Morgan fingerprint density at radius 1 is 1.53 bits per heavy atom. The molecule has 0 atom stereocenters. The van der Waals surface area contributed by atoms with Crippen LogP contribution < -0.4 is 5.32 Å². The van der Waals surface area contributed by atoms with Crippen molar-refractivity contribution in [1.29, 1.82) is 0 Å². The lowest BCUT2D eigenvalue weighted by Gasteiger charge is -2.05. The van der Waals surface area contributed by atoms with E-state index in [4.69, 9.17) is 0 Å². The quantitative estimate of drug-likeness (QED) is 0.759. The summed E-state index contributed by atoms with van der Waals surface area (Å²) in [6.07, 6.45) is 0.168. The summed E-state index contributed by atoms with van der Waals surface area (Å²) in [6, 6.07) is 1.72. The van der Waals surface area contributed by atoms with Gasteiger partial charge in [-0.25, -0.2) is 0 Å². The number of esters is 1. The van der Waals surface area contributed by atoms with Crippen molar-refractivity contribution < 1.29 is 14.3 Å². The third-order valence-corrected chi connectivity index (χ3v) is 2.28. The predicted octanol–water partition coefficient (Wildman–Crippen LogP) is 0.504. The molecule has 1 aromatic heterocycles. The minimum absolute atomic E-state index is 0.168. The van der Waals surface area contributed by atoms with E-state index in [0.717, 1.165) is 5.69 Å². The molecule has 0 fully saturated rings.